The number of carbonyl (C=O) groups excluding carboxylic acids is 1. The molecule has 5 rings (SSSR count). The number of carbonyl (C=O) groups is 1. The maximum Gasteiger partial charge on any atom is 0.226 e. The van der Waals surface area contributed by atoms with Crippen LogP contribution in [0.25, 0.3) is 15.7 Å². The zero-order chi connectivity index (χ0) is 22.6. The first-order valence-corrected chi connectivity index (χ1v) is 12.4. The molecule has 0 saturated heterocycles. The number of hydrogen-bond donors (Lipinski definition) is 1. The predicted octanol–water partition coefficient (Wildman–Crippen LogP) is 6.53. The van der Waals surface area contributed by atoms with Crippen LogP contribution in [0.3, 0.4) is 0 Å². The third-order valence-corrected chi connectivity index (χ3v) is 7.16. The minimum atomic E-state index is -0.0696. The van der Waals surface area contributed by atoms with Gasteiger partial charge in [-0.05, 0) is 29.5 Å². The second-order valence-electron chi connectivity index (χ2n) is 7.70. The van der Waals surface area contributed by atoms with Gasteiger partial charge >= 0.3 is 0 Å². The van der Waals surface area contributed by atoms with E-state index in [2.05, 4.69) is 34.6 Å². The van der Waals surface area contributed by atoms with E-state index in [1.807, 2.05) is 72.3 Å². The molecule has 0 fully saturated rings. The molecule has 7 heteroatoms. The van der Waals surface area contributed by atoms with Gasteiger partial charge in [-0.2, -0.15) is 9.78 Å². The van der Waals surface area contributed by atoms with E-state index in [-0.39, 0.29) is 11.8 Å². The molecule has 164 valence electrons. The maximum absolute atomic E-state index is 13.3. The van der Waals surface area contributed by atoms with Gasteiger partial charge in [0.1, 0.15) is 11.5 Å². The lowest BCUT2D eigenvalue weighted by atomic mass is 9.88. The number of hydrogen-bond acceptors (Lipinski definition) is 5. The van der Waals surface area contributed by atoms with Crippen LogP contribution in [0.5, 0.6) is 0 Å². The van der Waals surface area contributed by atoms with Gasteiger partial charge in [0.2, 0.25) is 11.0 Å². The van der Waals surface area contributed by atoms with E-state index in [9.17, 15) is 4.79 Å². The molecule has 5 nitrogen and oxygen atoms in total. The minimum absolute atomic E-state index is 0.0392. The fourth-order valence-corrected chi connectivity index (χ4v) is 5.22. The number of benzene rings is 2. The summed E-state index contributed by atoms with van der Waals surface area (Å²) in [5, 5.41) is 12.6. The monoisotopic (exact) mass is 470 g/mol. The van der Waals surface area contributed by atoms with Crippen LogP contribution in [0.15, 0.2) is 89.6 Å². The zero-order valence-electron chi connectivity index (χ0n) is 18.0. The Morgan fingerprint density at radius 1 is 0.970 bits per heavy atom. The number of aromatic nitrogens is 3. The summed E-state index contributed by atoms with van der Waals surface area (Å²) in [6.07, 6.45) is 0.324. The number of thiazole rings is 1. The number of thiophene rings is 1. The van der Waals surface area contributed by atoms with Gasteiger partial charge in [0, 0.05) is 23.8 Å². The Bertz CT molecular complexity index is 1300. The van der Waals surface area contributed by atoms with Crippen molar-refractivity contribution in [2.75, 3.05) is 5.32 Å². The summed E-state index contributed by atoms with van der Waals surface area (Å²) in [7, 11) is 0. The summed E-state index contributed by atoms with van der Waals surface area (Å²) in [4.78, 5) is 18.9. The average Bonchev–Trinajstić information content (AvgIpc) is 3.60. The first-order chi connectivity index (χ1) is 16.2. The molecule has 2 aromatic carbocycles. The third kappa shape index (κ3) is 4.79. The average molecular weight is 471 g/mol. The standard InChI is InChI=1S/C26H22N4OS2/c1-18-17-33-26(27-18)30-24(16-22(29-30)23-13-8-14-32-23)28-25(31)15-21(19-9-4-2-5-10-19)20-11-6-3-7-12-20/h2-14,16-17,21H,15H2,1H3,(H,28,31). The second-order valence-corrected chi connectivity index (χ2v) is 9.49. The zero-order valence-corrected chi connectivity index (χ0v) is 19.6. The topological polar surface area (TPSA) is 59.8 Å². The Kier molecular flexibility index (Phi) is 6.15. The molecule has 0 aliphatic rings. The van der Waals surface area contributed by atoms with Crippen molar-refractivity contribution in [2.24, 2.45) is 0 Å². The van der Waals surface area contributed by atoms with Crippen molar-refractivity contribution in [3.8, 4) is 15.7 Å². The number of nitrogens with zero attached hydrogens (tertiary/aromatic N) is 3. The Balaban J connectivity index is 1.45. The number of amides is 1. The number of anilines is 1. The van der Waals surface area contributed by atoms with Crippen molar-refractivity contribution in [3.05, 3.63) is 106 Å². The molecule has 0 spiro atoms. The highest BCUT2D eigenvalue weighted by Crippen LogP contribution is 2.31. The van der Waals surface area contributed by atoms with E-state index in [1.54, 1.807) is 16.0 Å². The summed E-state index contributed by atoms with van der Waals surface area (Å²) in [6.45, 7) is 1.95. The van der Waals surface area contributed by atoms with E-state index < -0.39 is 0 Å². The molecule has 1 amide bonds. The molecule has 33 heavy (non-hydrogen) atoms. The van der Waals surface area contributed by atoms with Gasteiger partial charge in [-0.25, -0.2) is 4.98 Å². The van der Waals surface area contributed by atoms with Crippen LogP contribution in [0.2, 0.25) is 0 Å². The van der Waals surface area contributed by atoms with Crippen LogP contribution in [0, 0.1) is 6.92 Å². The summed E-state index contributed by atoms with van der Waals surface area (Å²) < 4.78 is 1.73. The summed E-state index contributed by atoms with van der Waals surface area (Å²) in [5.41, 5.74) is 3.97. The van der Waals surface area contributed by atoms with E-state index in [4.69, 9.17) is 5.10 Å². The molecule has 0 radical (unpaired) electrons. The molecule has 0 bridgehead atoms. The summed E-state index contributed by atoms with van der Waals surface area (Å²) in [5.74, 6) is 0.514. The largest absolute Gasteiger partial charge is 0.310 e. The second kappa shape index (κ2) is 9.52. The van der Waals surface area contributed by atoms with Gasteiger partial charge in [0.05, 0.1) is 10.6 Å². The lowest BCUT2D eigenvalue weighted by molar-refractivity contribution is -0.116. The van der Waals surface area contributed by atoms with Gasteiger partial charge in [-0.15, -0.1) is 22.7 Å². The molecular formula is C26H22N4OS2. The fraction of sp³-hybridized carbons (Fsp3) is 0.115. The molecule has 0 aliphatic carbocycles. The lowest BCUT2D eigenvalue weighted by Gasteiger charge is -2.18. The highest BCUT2D eigenvalue weighted by molar-refractivity contribution is 7.13. The van der Waals surface area contributed by atoms with Crippen molar-refractivity contribution in [1.82, 2.24) is 14.8 Å². The van der Waals surface area contributed by atoms with Crippen LogP contribution in [-0.4, -0.2) is 20.7 Å². The Morgan fingerprint density at radius 2 is 1.67 bits per heavy atom. The first-order valence-electron chi connectivity index (χ1n) is 10.6. The molecule has 0 unspecified atom stereocenters. The Hall–Kier alpha value is -3.55. The number of aryl methyl sites for hydroxylation is 1. The minimum Gasteiger partial charge on any atom is -0.310 e. The molecule has 3 aromatic heterocycles. The van der Waals surface area contributed by atoms with Crippen molar-refractivity contribution in [2.45, 2.75) is 19.3 Å². The molecule has 1 N–H and O–H groups in total. The SMILES string of the molecule is Cc1csc(-n2nc(-c3cccs3)cc2NC(=O)CC(c2ccccc2)c2ccccc2)n1. The molecule has 5 aromatic rings. The van der Waals surface area contributed by atoms with Gasteiger partial charge in [-0.1, -0.05) is 66.7 Å². The maximum atomic E-state index is 13.3. The quantitative estimate of drug-likeness (QED) is 0.294. The van der Waals surface area contributed by atoms with Crippen molar-refractivity contribution < 1.29 is 4.79 Å². The van der Waals surface area contributed by atoms with E-state index in [1.165, 1.54) is 11.3 Å². The van der Waals surface area contributed by atoms with E-state index in [0.717, 1.165) is 32.5 Å². The lowest BCUT2D eigenvalue weighted by Crippen LogP contribution is -2.18. The van der Waals surface area contributed by atoms with E-state index in [0.29, 0.717) is 12.2 Å². The number of nitrogens with one attached hydrogen (secondary N) is 1. The third-order valence-electron chi connectivity index (χ3n) is 5.33. The van der Waals surface area contributed by atoms with Crippen LogP contribution < -0.4 is 5.32 Å². The Labute approximate surface area is 200 Å². The molecule has 0 saturated carbocycles. The fourth-order valence-electron chi connectivity index (χ4n) is 3.78. The van der Waals surface area contributed by atoms with Crippen molar-refractivity contribution >= 4 is 34.4 Å². The molecule has 0 atom stereocenters. The van der Waals surface area contributed by atoms with Crippen molar-refractivity contribution in [1.29, 1.82) is 0 Å². The molecular weight excluding hydrogens is 448 g/mol. The van der Waals surface area contributed by atoms with E-state index >= 15 is 0 Å². The van der Waals surface area contributed by atoms with Gasteiger partial charge in [0.25, 0.3) is 0 Å². The number of rotatable bonds is 7. The van der Waals surface area contributed by atoms with Crippen LogP contribution in [0.1, 0.15) is 29.2 Å². The van der Waals surface area contributed by atoms with Crippen LogP contribution in [0.4, 0.5) is 5.82 Å². The summed E-state index contributed by atoms with van der Waals surface area (Å²) >= 11 is 3.12. The van der Waals surface area contributed by atoms with Crippen molar-refractivity contribution in [3.63, 3.8) is 0 Å². The summed E-state index contributed by atoms with van der Waals surface area (Å²) in [6, 6.07) is 26.3. The molecule has 0 aliphatic heterocycles. The van der Waals surface area contributed by atoms with Gasteiger partial charge in [0.15, 0.2) is 0 Å². The van der Waals surface area contributed by atoms with Gasteiger partial charge in [-0.3, -0.25) is 4.79 Å². The smallest absolute Gasteiger partial charge is 0.226 e. The highest BCUT2D eigenvalue weighted by atomic mass is 32.1. The first kappa shape index (κ1) is 21.3. The highest BCUT2D eigenvalue weighted by Gasteiger charge is 2.21. The Morgan fingerprint density at radius 3 is 2.24 bits per heavy atom. The van der Waals surface area contributed by atoms with Crippen LogP contribution in [-0.2, 0) is 4.79 Å². The van der Waals surface area contributed by atoms with Gasteiger partial charge < -0.3 is 5.32 Å². The van der Waals surface area contributed by atoms with Crippen LogP contribution >= 0.6 is 22.7 Å². The molecule has 3 heterocycles. The predicted molar refractivity (Wildman–Crippen MR) is 135 cm³/mol. The normalized spacial score (nSPS) is 11.1.